The summed E-state index contributed by atoms with van der Waals surface area (Å²) in [6.45, 7) is 4.23. The second kappa shape index (κ2) is 8.15. The van der Waals surface area contributed by atoms with Crippen LogP contribution < -0.4 is 15.3 Å². The van der Waals surface area contributed by atoms with Crippen LogP contribution in [0.15, 0.2) is 51.7 Å². The molecule has 0 saturated heterocycles. The quantitative estimate of drug-likeness (QED) is 0.666. The highest BCUT2D eigenvalue weighted by Gasteiger charge is 2.24. The van der Waals surface area contributed by atoms with Crippen LogP contribution in [0.2, 0.25) is 0 Å². The van der Waals surface area contributed by atoms with Crippen molar-refractivity contribution in [3.63, 3.8) is 0 Å². The fourth-order valence-electron chi connectivity index (χ4n) is 3.86. The molecule has 0 bridgehead atoms. The number of hydrogen-bond acceptors (Lipinski definition) is 3. The third-order valence-electron chi connectivity index (χ3n) is 5.37. The maximum absolute atomic E-state index is 13.4. The van der Waals surface area contributed by atoms with Gasteiger partial charge in [0, 0.05) is 17.9 Å². The molecule has 0 saturated carbocycles. The summed E-state index contributed by atoms with van der Waals surface area (Å²) in [7, 11) is 0. The summed E-state index contributed by atoms with van der Waals surface area (Å²) in [5.74, 6) is 0.581. The first-order valence-corrected chi connectivity index (χ1v) is 9.93. The van der Waals surface area contributed by atoms with Crippen LogP contribution in [0, 0.1) is 5.82 Å². The number of hydrogen-bond donors (Lipinski definition) is 1. The van der Waals surface area contributed by atoms with E-state index in [2.05, 4.69) is 6.92 Å². The largest absolute Gasteiger partial charge is 0.445 e. The third kappa shape index (κ3) is 3.94. The van der Waals surface area contributed by atoms with Gasteiger partial charge >= 0.3 is 5.63 Å². The van der Waals surface area contributed by atoms with Gasteiger partial charge in [0.1, 0.15) is 18.1 Å². The number of benzene rings is 2. The second-order valence-corrected chi connectivity index (χ2v) is 7.46. The minimum Gasteiger partial charge on any atom is -0.445 e. The molecule has 1 atom stereocenters. The Morgan fingerprint density at radius 2 is 2.04 bits per heavy atom. The third-order valence-corrected chi connectivity index (χ3v) is 5.37. The van der Waals surface area contributed by atoms with Gasteiger partial charge in [-0.25, -0.2) is 9.18 Å². The maximum atomic E-state index is 13.4. The van der Waals surface area contributed by atoms with Crippen molar-refractivity contribution in [1.29, 1.82) is 0 Å². The van der Waals surface area contributed by atoms with Gasteiger partial charge in [0.25, 0.3) is 0 Å². The van der Waals surface area contributed by atoms with Crippen molar-refractivity contribution in [3.8, 4) is 5.75 Å². The van der Waals surface area contributed by atoms with E-state index in [0.717, 1.165) is 66.6 Å². The van der Waals surface area contributed by atoms with Crippen molar-refractivity contribution in [2.75, 3.05) is 13.3 Å². The van der Waals surface area contributed by atoms with Crippen LogP contribution in [0.5, 0.6) is 5.75 Å². The lowest BCUT2D eigenvalue weighted by atomic mass is 10.0. The Bertz CT molecular complexity index is 1040. The van der Waals surface area contributed by atoms with Gasteiger partial charge in [-0.1, -0.05) is 25.5 Å². The summed E-state index contributed by atoms with van der Waals surface area (Å²) < 4.78 is 24.9. The minimum absolute atomic E-state index is 0.208. The predicted octanol–water partition coefficient (Wildman–Crippen LogP) is 3.25. The molecule has 0 spiro atoms. The predicted molar refractivity (Wildman–Crippen MR) is 106 cm³/mol. The average molecular weight is 382 g/mol. The molecule has 1 aromatic heterocycles. The zero-order valence-electron chi connectivity index (χ0n) is 16.1. The van der Waals surface area contributed by atoms with Crippen LogP contribution in [0.3, 0.4) is 0 Å². The first kappa shape index (κ1) is 18.7. The van der Waals surface area contributed by atoms with Crippen molar-refractivity contribution in [1.82, 2.24) is 0 Å². The van der Waals surface area contributed by atoms with E-state index >= 15 is 0 Å². The molecule has 5 heteroatoms. The van der Waals surface area contributed by atoms with Crippen LogP contribution >= 0.6 is 0 Å². The lowest BCUT2D eigenvalue weighted by molar-refractivity contribution is -0.932. The Kier molecular flexibility index (Phi) is 5.44. The molecule has 146 valence electrons. The number of aryl methyl sites for hydroxylation is 1. The van der Waals surface area contributed by atoms with E-state index in [9.17, 15) is 9.18 Å². The first-order valence-electron chi connectivity index (χ1n) is 9.93. The van der Waals surface area contributed by atoms with Crippen molar-refractivity contribution in [3.05, 3.63) is 75.4 Å². The summed E-state index contributed by atoms with van der Waals surface area (Å²) in [5.41, 5.74) is 3.32. The van der Waals surface area contributed by atoms with E-state index < -0.39 is 0 Å². The minimum atomic E-state index is -0.307. The number of quaternary nitrogens is 1. The zero-order valence-corrected chi connectivity index (χ0v) is 16.1. The molecule has 2 aromatic carbocycles. The van der Waals surface area contributed by atoms with E-state index in [-0.39, 0.29) is 11.4 Å². The van der Waals surface area contributed by atoms with Crippen molar-refractivity contribution in [2.24, 2.45) is 0 Å². The maximum Gasteiger partial charge on any atom is 0.336 e. The summed E-state index contributed by atoms with van der Waals surface area (Å²) in [4.78, 5) is 13.4. The molecule has 0 radical (unpaired) electrons. The van der Waals surface area contributed by atoms with Crippen LogP contribution in [0.4, 0.5) is 4.39 Å². The van der Waals surface area contributed by atoms with Gasteiger partial charge in [-0.05, 0) is 48.2 Å². The number of nitrogens with one attached hydrogen (secondary N) is 1. The van der Waals surface area contributed by atoms with Gasteiger partial charge in [-0.15, -0.1) is 0 Å². The lowest BCUT2D eigenvalue weighted by Gasteiger charge is -2.26. The second-order valence-electron chi connectivity index (χ2n) is 7.46. The molecule has 2 heterocycles. The molecular weight excluding hydrogens is 357 g/mol. The summed E-state index contributed by atoms with van der Waals surface area (Å²) in [6.07, 6.45) is 3.75. The molecule has 1 aliphatic rings. The first-order chi connectivity index (χ1) is 13.6. The van der Waals surface area contributed by atoms with Gasteiger partial charge in [0.05, 0.1) is 12.1 Å². The number of rotatable bonds is 6. The van der Waals surface area contributed by atoms with Gasteiger partial charge in [-0.2, -0.15) is 0 Å². The molecule has 1 N–H and O–H groups in total. The molecule has 0 amide bonds. The fraction of sp³-hybridized carbons (Fsp3) is 0.348. The zero-order chi connectivity index (χ0) is 19.5. The number of halogens is 1. The summed E-state index contributed by atoms with van der Waals surface area (Å²) in [5, 5.41) is 1.00. The molecular formula is C23H25FNO3+. The number of ether oxygens (including phenoxy) is 1. The average Bonchev–Trinajstić information content (AvgIpc) is 2.70. The van der Waals surface area contributed by atoms with E-state index in [4.69, 9.17) is 9.15 Å². The van der Waals surface area contributed by atoms with Crippen molar-refractivity contribution >= 4 is 11.0 Å². The SMILES string of the molecule is CCCCc1cc(=O)oc2c3c(ccc12)OC[NH+](CCc1cccc(F)c1)C3. The normalized spacial score (nSPS) is 16.0. The Balaban J connectivity index is 1.59. The van der Waals surface area contributed by atoms with Gasteiger partial charge in [0.15, 0.2) is 5.58 Å². The summed E-state index contributed by atoms with van der Waals surface area (Å²) >= 11 is 0. The highest BCUT2D eigenvalue weighted by molar-refractivity contribution is 5.85. The molecule has 28 heavy (non-hydrogen) atoms. The van der Waals surface area contributed by atoms with Crippen LogP contribution in [-0.4, -0.2) is 13.3 Å². The van der Waals surface area contributed by atoms with Crippen molar-refractivity contribution in [2.45, 2.75) is 39.2 Å². The van der Waals surface area contributed by atoms with Crippen LogP contribution in [-0.2, 0) is 19.4 Å². The van der Waals surface area contributed by atoms with E-state index in [1.165, 1.54) is 11.0 Å². The smallest absolute Gasteiger partial charge is 0.336 e. The Hall–Kier alpha value is -2.66. The Labute approximate surface area is 163 Å². The van der Waals surface area contributed by atoms with Gasteiger partial charge in [-0.3, -0.25) is 4.90 Å². The standard InChI is InChI=1S/C23H24FNO3/c1-2-3-6-17-13-22(26)28-23-19(17)8-9-21-20(23)14-25(15-27-21)11-10-16-5-4-7-18(24)12-16/h4-5,7-9,12-13H,2-3,6,10-11,14-15H2,1H3/p+1. The van der Waals surface area contributed by atoms with E-state index in [1.807, 2.05) is 18.2 Å². The highest BCUT2D eigenvalue weighted by atomic mass is 19.1. The Morgan fingerprint density at radius 1 is 1.14 bits per heavy atom. The summed E-state index contributed by atoms with van der Waals surface area (Å²) in [6, 6.07) is 12.3. The van der Waals surface area contributed by atoms with E-state index in [0.29, 0.717) is 12.3 Å². The molecule has 4 nitrogen and oxygen atoms in total. The van der Waals surface area contributed by atoms with Crippen molar-refractivity contribution < 1.29 is 18.4 Å². The molecule has 0 fully saturated rings. The molecule has 1 aliphatic heterocycles. The molecule has 3 aromatic rings. The van der Waals surface area contributed by atoms with Gasteiger partial charge in [0.2, 0.25) is 6.73 Å². The molecule has 0 aliphatic carbocycles. The fourth-order valence-corrected chi connectivity index (χ4v) is 3.86. The molecule has 1 unspecified atom stereocenters. The van der Waals surface area contributed by atoms with E-state index in [1.54, 1.807) is 18.2 Å². The van der Waals surface area contributed by atoms with Crippen LogP contribution in [0.1, 0.15) is 36.5 Å². The highest BCUT2D eigenvalue weighted by Crippen LogP contribution is 2.30. The number of fused-ring (bicyclic) bond motifs is 3. The van der Waals surface area contributed by atoms with Crippen LogP contribution in [0.25, 0.3) is 11.0 Å². The van der Waals surface area contributed by atoms with Gasteiger partial charge < -0.3 is 9.15 Å². The monoisotopic (exact) mass is 382 g/mol. The molecule has 4 rings (SSSR count). The topological polar surface area (TPSA) is 43.9 Å². The number of unbranched alkanes of at least 4 members (excludes halogenated alkanes) is 1. The Morgan fingerprint density at radius 3 is 2.86 bits per heavy atom. The lowest BCUT2D eigenvalue weighted by Crippen LogP contribution is -3.12.